The van der Waals surface area contributed by atoms with Crippen molar-refractivity contribution in [2.75, 3.05) is 6.61 Å². The van der Waals surface area contributed by atoms with Crippen LogP contribution >= 0.6 is 0 Å². The van der Waals surface area contributed by atoms with Crippen LogP contribution in [-0.2, 0) is 25.3 Å². The molecule has 0 spiro atoms. The van der Waals surface area contributed by atoms with Gasteiger partial charge in [-0.15, -0.1) is 0 Å². The first-order valence-corrected chi connectivity index (χ1v) is 7.89. The fourth-order valence-corrected chi connectivity index (χ4v) is 2.89. The number of hydrogen-bond acceptors (Lipinski definition) is 5. The van der Waals surface area contributed by atoms with Gasteiger partial charge in [0.15, 0.2) is 0 Å². The SMILES string of the molecule is CCOC(=O)c1ccc(CS(=O)(=O)N[C@H](C)C(=O)O)cc1. The maximum Gasteiger partial charge on any atom is 0.338 e. The summed E-state index contributed by atoms with van der Waals surface area (Å²) in [4.78, 5) is 22.1. The van der Waals surface area contributed by atoms with Crippen molar-refractivity contribution in [3.63, 3.8) is 0 Å². The topological polar surface area (TPSA) is 110 Å². The fourth-order valence-electron chi connectivity index (χ4n) is 1.53. The molecule has 0 aliphatic heterocycles. The van der Waals surface area contributed by atoms with Crippen molar-refractivity contribution in [2.45, 2.75) is 25.6 Å². The lowest BCUT2D eigenvalue weighted by Gasteiger charge is -2.10. The van der Waals surface area contributed by atoms with E-state index in [1.54, 1.807) is 6.92 Å². The largest absolute Gasteiger partial charge is 0.480 e. The molecule has 1 aromatic carbocycles. The predicted octanol–water partition coefficient (Wildman–Crippen LogP) is 0.756. The van der Waals surface area contributed by atoms with Crippen LogP contribution in [0.15, 0.2) is 24.3 Å². The second kappa shape index (κ2) is 7.19. The summed E-state index contributed by atoms with van der Waals surface area (Å²) in [6.07, 6.45) is 0. The van der Waals surface area contributed by atoms with Crippen LogP contribution in [0.25, 0.3) is 0 Å². The number of sulfonamides is 1. The summed E-state index contributed by atoms with van der Waals surface area (Å²) in [5, 5.41) is 8.68. The van der Waals surface area contributed by atoms with Crippen molar-refractivity contribution in [3.8, 4) is 0 Å². The lowest BCUT2D eigenvalue weighted by Crippen LogP contribution is -2.38. The van der Waals surface area contributed by atoms with Gasteiger partial charge in [0, 0.05) is 0 Å². The van der Waals surface area contributed by atoms with Crippen LogP contribution in [-0.4, -0.2) is 38.1 Å². The Morgan fingerprint density at radius 2 is 1.86 bits per heavy atom. The van der Waals surface area contributed by atoms with Gasteiger partial charge >= 0.3 is 11.9 Å². The standard InChI is InChI=1S/C13H17NO6S/c1-3-20-13(17)11-6-4-10(5-7-11)8-21(18,19)14-9(2)12(15)16/h4-7,9,14H,3,8H2,1-2H3,(H,15,16)/t9-/m1/s1. The van der Waals surface area contributed by atoms with Crippen LogP contribution in [0.1, 0.15) is 29.8 Å². The minimum Gasteiger partial charge on any atom is -0.480 e. The number of esters is 1. The summed E-state index contributed by atoms with van der Waals surface area (Å²) in [5.41, 5.74) is 0.762. The molecule has 0 bridgehead atoms. The average Bonchev–Trinajstić information content (AvgIpc) is 2.38. The van der Waals surface area contributed by atoms with Gasteiger partial charge in [0.2, 0.25) is 10.0 Å². The molecular weight excluding hydrogens is 298 g/mol. The van der Waals surface area contributed by atoms with Gasteiger partial charge in [0.25, 0.3) is 0 Å². The van der Waals surface area contributed by atoms with E-state index in [1.807, 2.05) is 4.72 Å². The van der Waals surface area contributed by atoms with Gasteiger partial charge in [-0.2, -0.15) is 0 Å². The number of benzene rings is 1. The fraction of sp³-hybridized carbons (Fsp3) is 0.385. The Labute approximate surface area is 123 Å². The highest BCUT2D eigenvalue weighted by molar-refractivity contribution is 7.88. The first-order valence-electron chi connectivity index (χ1n) is 6.24. The Hall–Kier alpha value is -1.93. The molecule has 0 heterocycles. The number of hydrogen-bond donors (Lipinski definition) is 2. The van der Waals surface area contributed by atoms with E-state index in [9.17, 15) is 18.0 Å². The predicted molar refractivity (Wildman–Crippen MR) is 75.3 cm³/mol. The first-order chi connectivity index (χ1) is 9.75. The molecule has 1 aromatic rings. The van der Waals surface area contributed by atoms with Crippen LogP contribution in [0.2, 0.25) is 0 Å². The van der Waals surface area contributed by atoms with Crippen LogP contribution in [0, 0.1) is 0 Å². The van der Waals surface area contributed by atoms with Crippen molar-refractivity contribution in [1.82, 2.24) is 4.72 Å². The second-order valence-corrected chi connectivity index (χ2v) is 6.11. The van der Waals surface area contributed by atoms with Gasteiger partial charge in [-0.3, -0.25) is 4.79 Å². The Morgan fingerprint density at radius 1 is 1.29 bits per heavy atom. The molecule has 0 amide bonds. The number of aliphatic carboxylic acids is 1. The van der Waals surface area contributed by atoms with E-state index in [2.05, 4.69) is 0 Å². The normalized spacial score (nSPS) is 12.7. The van der Waals surface area contributed by atoms with Crippen LogP contribution in [0.4, 0.5) is 0 Å². The number of rotatable bonds is 7. The van der Waals surface area contributed by atoms with Gasteiger partial charge in [-0.1, -0.05) is 12.1 Å². The van der Waals surface area contributed by atoms with Crippen molar-refractivity contribution in [2.24, 2.45) is 0 Å². The third-order valence-electron chi connectivity index (χ3n) is 2.55. The van der Waals surface area contributed by atoms with Gasteiger partial charge in [0.05, 0.1) is 17.9 Å². The molecule has 1 rings (SSSR count). The van der Waals surface area contributed by atoms with Crippen LogP contribution < -0.4 is 4.72 Å². The van der Waals surface area contributed by atoms with Crippen molar-refractivity contribution in [3.05, 3.63) is 35.4 Å². The summed E-state index contributed by atoms with van der Waals surface area (Å²) in [6, 6.07) is 4.69. The van der Waals surface area contributed by atoms with E-state index in [-0.39, 0.29) is 12.4 Å². The molecule has 0 saturated heterocycles. The van der Waals surface area contributed by atoms with E-state index in [1.165, 1.54) is 31.2 Å². The zero-order chi connectivity index (χ0) is 16.0. The molecule has 0 aliphatic rings. The van der Waals surface area contributed by atoms with Crippen LogP contribution in [0.3, 0.4) is 0 Å². The summed E-state index contributed by atoms with van der Waals surface area (Å²) in [5.74, 6) is -2.10. The zero-order valence-corrected chi connectivity index (χ0v) is 12.5. The number of ether oxygens (including phenoxy) is 1. The second-order valence-electron chi connectivity index (χ2n) is 4.35. The highest BCUT2D eigenvalue weighted by Gasteiger charge is 2.20. The molecule has 8 heteroatoms. The lowest BCUT2D eigenvalue weighted by atomic mass is 10.1. The van der Waals surface area contributed by atoms with E-state index >= 15 is 0 Å². The molecule has 21 heavy (non-hydrogen) atoms. The summed E-state index contributed by atoms with van der Waals surface area (Å²) >= 11 is 0. The highest BCUT2D eigenvalue weighted by Crippen LogP contribution is 2.09. The Morgan fingerprint density at radius 3 is 2.33 bits per heavy atom. The number of nitrogens with one attached hydrogen (secondary N) is 1. The highest BCUT2D eigenvalue weighted by atomic mass is 32.2. The maximum atomic E-state index is 11.8. The molecule has 0 aliphatic carbocycles. The van der Waals surface area contributed by atoms with Crippen molar-refractivity contribution < 1.29 is 27.9 Å². The quantitative estimate of drug-likeness (QED) is 0.719. The third kappa shape index (κ3) is 5.52. The minimum atomic E-state index is -3.77. The monoisotopic (exact) mass is 315 g/mol. The Kier molecular flexibility index (Phi) is 5.86. The molecule has 2 N–H and O–H groups in total. The van der Waals surface area contributed by atoms with Crippen molar-refractivity contribution >= 4 is 22.0 Å². The molecule has 1 atom stereocenters. The summed E-state index contributed by atoms with van der Waals surface area (Å²) in [6.45, 7) is 3.18. The lowest BCUT2D eigenvalue weighted by molar-refractivity contribution is -0.138. The number of carboxylic acid groups (broad SMARTS) is 1. The van der Waals surface area contributed by atoms with E-state index < -0.39 is 28.0 Å². The molecule has 0 unspecified atom stereocenters. The molecule has 0 saturated carbocycles. The molecular formula is C13H17NO6S. The minimum absolute atomic E-state index is 0.256. The average molecular weight is 315 g/mol. The van der Waals surface area contributed by atoms with Gasteiger partial charge in [0.1, 0.15) is 6.04 Å². The van der Waals surface area contributed by atoms with E-state index in [0.717, 1.165) is 0 Å². The van der Waals surface area contributed by atoms with Gasteiger partial charge in [-0.05, 0) is 31.5 Å². The van der Waals surface area contributed by atoms with Crippen molar-refractivity contribution in [1.29, 1.82) is 0 Å². The molecule has 116 valence electrons. The molecule has 0 fully saturated rings. The Bertz CT molecular complexity index is 608. The molecule has 7 nitrogen and oxygen atoms in total. The third-order valence-corrected chi connectivity index (χ3v) is 3.97. The van der Waals surface area contributed by atoms with E-state index in [0.29, 0.717) is 11.1 Å². The maximum absolute atomic E-state index is 11.8. The first kappa shape index (κ1) is 17.1. The summed E-state index contributed by atoms with van der Waals surface area (Å²) in [7, 11) is -3.77. The van der Waals surface area contributed by atoms with Crippen LogP contribution in [0.5, 0.6) is 0 Å². The number of carboxylic acids is 1. The number of carbonyl (C=O) groups excluding carboxylic acids is 1. The number of carbonyl (C=O) groups is 2. The van der Waals surface area contributed by atoms with Gasteiger partial charge in [-0.25, -0.2) is 17.9 Å². The Balaban J connectivity index is 2.75. The smallest absolute Gasteiger partial charge is 0.338 e. The molecule has 0 aromatic heterocycles. The zero-order valence-electron chi connectivity index (χ0n) is 11.7. The van der Waals surface area contributed by atoms with Gasteiger partial charge < -0.3 is 9.84 Å². The summed E-state index contributed by atoms with van der Waals surface area (Å²) < 4.78 is 30.4. The molecule has 0 radical (unpaired) electrons. The van der Waals surface area contributed by atoms with E-state index in [4.69, 9.17) is 9.84 Å².